The quantitative estimate of drug-likeness (QED) is 0.757. The van der Waals surface area contributed by atoms with Crippen molar-refractivity contribution in [1.29, 1.82) is 0 Å². The van der Waals surface area contributed by atoms with Crippen molar-refractivity contribution in [2.75, 3.05) is 0 Å². The Kier molecular flexibility index (Phi) is 4.51. The Bertz CT molecular complexity index is 959. The fraction of sp³-hybridized carbons (Fsp3) is 0.350. The summed E-state index contributed by atoms with van der Waals surface area (Å²) in [4.78, 5) is 12.6. The molecule has 0 radical (unpaired) electrons. The maximum absolute atomic E-state index is 13.2. The summed E-state index contributed by atoms with van der Waals surface area (Å²) < 4.78 is 20.2. The highest BCUT2D eigenvalue weighted by molar-refractivity contribution is 5.91. The standard InChI is InChI=1S/C20H21FN4O2/c1-12(2)17-10-19(27-24-17)20(26)23-16-4-3-5-18-15(16)11-22-25(18)14-8-6-13(21)7-9-14/h6-12,16H,3-5H2,1-2H3,(H,23,26). The highest BCUT2D eigenvalue weighted by atomic mass is 19.1. The number of nitrogens with zero attached hydrogens (tertiary/aromatic N) is 3. The Morgan fingerprint density at radius 2 is 2.11 bits per heavy atom. The largest absolute Gasteiger partial charge is 0.351 e. The number of rotatable bonds is 4. The van der Waals surface area contributed by atoms with Gasteiger partial charge in [0.25, 0.3) is 5.91 Å². The maximum atomic E-state index is 13.2. The van der Waals surface area contributed by atoms with Crippen LogP contribution in [-0.4, -0.2) is 20.8 Å². The van der Waals surface area contributed by atoms with Crippen molar-refractivity contribution in [2.24, 2.45) is 0 Å². The molecule has 7 heteroatoms. The lowest BCUT2D eigenvalue weighted by Crippen LogP contribution is -2.30. The van der Waals surface area contributed by atoms with E-state index in [1.165, 1.54) is 12.1 Å². The third-order valence-corrected chi connectivity index (χ3v) is 4.90. The normalized spacial score (nSPS) is 16.4. The van der Waals surface area contributed by atoms with Crippen LogP contribution < -0.4 is 5.32 Å². The summed E-state index contributed by atoms with van der Waals surface area (Å²) in [6.07, 6.45) is 4.40. The van der Waals surface area contributed by atoms with E-state index in [9.17, 15) is 9.18 Å². The average Bonchev–Trinajstić information content (AvgIpc) is 3.30. The van der Waals surface area contributed by atoms with Crippen molar-refractivity contribution in [2.45, 2.75) is 45.1 Å². The topological polar surface area (TPSA) is 73.0 Å². The first-order valence-corrected chi connectivity index (χ1v) is 9.13. The van der Waals surface area contributed by atoms with Gasteiger partial charge in [-0.25, -0.2) is 9.07 Å². The zero-order chi connectivity index (χ0) is 19.0. The van der Waals surface area contributed by atoms with Crippen molar-refractivity contribution >= 4 is 5.91 Å². The van der Waals surface area contributed by atoms with E-state index in [2.05, 4.69) is 15.6 Å². The van der Waals surface area contributed by atoms with Crippen molar-refractivity contribution in [3.05, 3.63) is 65.1 Å². The van der Waals surface area contributed by atoms with Gasteiger partial charge < -0.3 is 9.84 Å². The number of carbonyl (C=O) groups excluding carboxylic acids is 1. The molecule has 2 aromatic heterocycles. The monoisotopic (exact) mass is 368 g/mol. The molecule has 1 amide bonds. The summed E-state index contributed by atoms with van der Waals surface area (Å²) in [6.45, 7) is 3.99. The molecule has 1 aliphatic carbocycles. The average molecular weight is 368 g/mol. The molecule has 140 valence electrons. The van der Waals surface area contributed by atoms with Gasteiger partial charge in [0, 0.05) is 17.3 Å². The number of halogens is 1. The summed E-state index contributed by atoms with van der Waals surface area (Å²) in [5, 5.41) is 11.4. The van der Waals surface area contributed by atoms with Crippen LogP contribution in [0.4, 0.5) is 4.39 Å². The van der Waals surface area contributed by atoms with Gasteiger partial charge in [0.05, 0.1) is 23.6 Å². The summed E-state index contributed by atoms with van der Waals surface area (Å²) in [5.41, 5.74) is 3.59. The summed E-state index contributed by atoms with van der Waals surface area (Å²) >= 11 is 0. The lowest BCUT2D eigenvalue weighted by atomic mass is 9.92. The van der Waals surface area contributed by atoms with E-state index in [0.717, 1.165) is 41.9 Å². The Morgan fingerprint density at radius 3 is 2.81 bits per heavy atom. The molecule has 3 aromatic rings. The van der Waals surface area contributed by atoms with Gasteiger partial charge in [-0.1, -0.05) is 19.0 Å². The van der Waals surface area contributed by atoms with Gasteiger partial charge in [0.1, 0.15) is 5.82 Å². The fourth-order valence-corrected chi connectivity index (χ4v) is 3.41. The number of nitrogens with one attached hydrogen (secondary N) is 1. The fourth-order valence-electron chi connectivity index (χ4n) is 3.41. The number of aromatic nitrogens is 3. The van der Waals surface area contributed by atoms with E-state index < -0.39 is 0 Å². The number of benzene rings is 1. The highest BCUT2D eigenvalue weighted by Crippen LogP contribution is 2.31. The molecule has 1 unspecified atom stereocenters. The molecule has 0 saturated carbocycles. The van der Waals surface area contributed by atoms with Crippen LogP contribution in [0.1, 0.15) is 66.2 Å². The zero-order valence-electron chi connectivity index (χ0n) is 15.3. The molecule has 0 aliphatic heterocycles. The lowest BCUT2D eigenvalue weighted by molar-refractivity contribution is 0.0895. The number of fused-ring (bicyclic) bond motifs is 1. The second kappa shape index (κ2) is 6.98. The molecule has 1 atom stereocenters. The molecule has 1 N–H and O–H groups in total. The number of hydrogen-bond acceptors (Lipinski definition) is 4. The molecular formula is C20H21FN4O2. The van der Waals surface area contributed by atoms with Crippen LogP contribution in [0.3, 0.4) is 0 Å². The Balaban J connectivity index is 1.56. The van der Waals surface area contributed by atoms with Gasteiger partial charge in [-0.15, -0.1) is 0 Å². The van der Waals surface area contributed by atoms with E-state index >= 15 is 0 Å². The van der Waals surface area contributed by atoms with E-state index in [0.29, 0.717) is 0 Å². The first-order valence-electron chi connectivity index (χ1n) is 9.13. The SMILES string of the molecule is CC(C)c1cc(C(=O)NC2CCCc3c2cnn3-c2ccc(F)cc2)on1. The first-order chi connectivity index (χ1) is 13.0. The van der Waals surface area contributed by atoms with E-state index in [1.807, 2.05) is 18.5 Å². The summed E-state index contributed by atoms with van der Waals surface area (Å²) in [7, 11) is 0. The Morgan fingerprint density at radius 1 is 1.33 bits per heavy atom. The predicted octanol–water partition coefficient (Wildman–Crippen LogP) is 3.93. The van der Waals surface area contributed by atoms with Crippen molar-refractivity contribution in [3.63, 3.8) is 0 Å². The second-order valence-corrected chi connectivity index (χ2v) is 7.12. The van der Waals surface area contributed by atoms with Crippen LogP contribution in [0.2, 0.25) is 0 Å². The van der Waals surface area contributed by atoms with Gasteiger partial charge in [-0.3, -0.25) is 4.79 Å². The van der Waals surface area contributed by atoms with Gasteiger partial charge in [-0.05, 0) is 49.4 Å². The molecule has 0 fully saturated rings. The summed E-state index contributed by atoms with van der Waals surface area (Å²) in [6, 6.07) is 7.79. The number of amides is 1. The van der Waals surface area contributed by atoms with Crippen molar-refractivity contribution in [3.8, 4) is 5.69 Å². The van der Waals surface area contributed by atoms with Crippen LogP contribution in [0.15, 0.2) is 41.1 Å². The van der Waals surface area contributed by atoms with Crippen LogP contribution in [0.25, 0.3) is 5.69 Å². The minimum Gasteiger partial charge on any atom is -0.351 e. The van der Waals surface area contributed by atoms with E-state index in [1.54, 1.807) is 24.4 Å². The van der Waals surface area contributed by atoms with Crippen LogP contribution in [0, 0.1) is 5.82 Å². The van der Waals surface area contributed by atoms with Crippen LogP contribution >= 0.6 is 0 Å². The molecule has 6 nitrogen and oxygen atoms in total. The molecule has 1 aliphatic rings. The van der Waals surface area contributed by atoms with Gasteiger partial charge in [0.15, 0.2) is 0 Å². The van der Waals surface area contributed by atoms with Crippen molar-refractivity contribution in [1.82, 2.24) is 20.3 Å². The zero-order valence-corrected chi connectivity index (χ0v) is 15.3. The summed E-state index contributed by atoms with van der Waals surface area (Å²) in [5.74, 6) is -0.137. The molecule has 2 heterocycles. The molecule has 0 saturated heterocycles. The smallest absolute Gasteiger partial charge is 0.290 e. The van der Waals surface area contributed by atoms with Crippen LogP contribution in [-0.2, 0) is 6.42 Å². The predicted molar refractivity (Wildman–Crippen MR) is 97.3 cm³/mol. The van der Waals surface area contributed by atoms with Gasteiger partial charge in [0.2, 0.25) is 5.76 Å². The minimum atomic E-state index is -0.280. The second-order valence-electron chi connectivity index (χ2n) is 7.12. The number of carbonyl (C=O) groups is 1. The third-order valence-electron chi connectivity index (χ3n) is 4.90. The van der Waals surface area contributed by atoms with Gasteiger partial charge in [-0.2, -0.15) is 5.10 Å². The van der Waals surface area contributed by atoms with E-state index in [-0.39, 0.29) is 29.4 Å². The van der Waals surface area contributed by atoms with Crippen molar-refractivity contribution < 1.29 is 13.7 Å². The Labute approximate surface area is 156 Å². The molecular weight excluding hydrogens is 347 g/mol. The molecule has 0 spiro atoms. The Hall–Kier alpha value is -2.96. The van der Waals surface area contributed by atoms with E-state index in [4.69, 9.17) is 4.52 Å². The number of hydrogen-bond donors (Lipinski definition) is 1. The first kappa shape index (κ1) is 17.5. The van der Waals surface area contributed by atoms with Crippen LogP contribution in [0.5, 0.6) is 0 Å². The molecule has 27 heavy (non-hydrogen) atoms. The highest BCUT2D eigenvalue weighted by Gasteiger charge is 2.27. The maximum Gasteiger partial charge on any atom is 0.290 e. The molecule has 4 rings (SSSR count). The third kappa shape index (κ3) is 3.37. The molecule has 0 bridgehead atoms. The molecule has 1 aromatic carbocycles. The lowest BCUT2D eigenvalue weighted by Gasteiger charge is -2.23. The minimum absolute atomic E-state index is 0.136. The van der Waals surface area contributed by atoms with Gasteiger partial charge >= 0.3 is 0 Å².